The molecule has 34 heavy (non-hydrogen) atoms. The van der Waals surface area contributed by atoms with E-state index in [9.17, 15) is 0 Å². The number of nitrogens with zero attached hydrogens (tertiary/aromatic N) is 1. The zero-order valence-electron chi connectivity index (χ0n) is 19.3. The first-order valence-corrected chi connectivity index (χ1v) is 12.4. The highest BCUT2D eigenvalue weighted by Crippen LogP contribution is 2.38. The molecule has 178 valence electrons. The van der Waals surface area contributed by atoms with E-state index in [0.29, 0.717) is 17.5 Å². The van der Waals surface area contributed by atoms with Crippen LogP contribution < -0.4 is 24.3 Å². The second-order valence-corrected chi connectivity index (χ2v) is 9.42. The fraction of sp³-hybridized carbons (Fsp3) is 0.269. The fourth-order valence-corrected chi connectivity index (χ4v) is 4.72. The van der Waals surface area contributed by atoms with E-state index in [4.69, 9.17) is 31.2 Å². The Labute approximate surface area is 219 Å². The highest BCUT2D eigenvalue weighted by atomic mass is 127. The van der Waals surface area contributed by atoms with E-state index in [1.807, 2.05) is 42.5 Å². The Bertz CT molecular complexity index is 1140. The fourth-order valence-electron chi connectivity index (χ4n) is 4.03. The molecule has 4 rings (SSSR count). The molecule has 0 saturated carbocycles. The summed E-state index contributed by atoms with van der Waals surface area (Å²) >= 11 is 8.15. The van der Waals surface area contributed by atoms with Gasteiger partial charge in [-0.15, -0.1) is 0 Å². The molecule has 1 atom stereocenters. The lowest BCUT2D eigenvalue weighted by Gasteiger charge is -2.39. The monoisotopic (exact) mass is 590 g/mol. The minimum atomic E-state index is -0.102. The molecule has 1 aliphatic heterocycles. The van der Waals surface area contributed by atoms with Crippen LogP contribution in [0.3, 0.4) is 0 Å². The first-order valence-electron chi connectivity index (χ1n) is 10.9. The summed E-state index contributed by atoms with van der Waals surface area (Å²) in [6, 6.07) is 19.7. The van der Waals surface area contributed by atoms with E-state index in [1.54, 1.807) is 21.3 Å². The van der Waals surface area contributed by atoms with Crippen LogP contribution in [0.4, 0.5) is 5.69 Å². The lowest BCUT2D eigenvalue weighted by atomic mass is 9.92. The van der Waals surface area contributed by atoms with E-state index in [0.717, 1.165) is 41.5 Å². The summed E-state index contributed by atoms with van der Waals surface area (Å²) in [4.78, 5) is 2.19. The van der Waals surface area contributed by atoms with Crippen molar-refractivity contribution < 1.29 is 18.9 Å². The van der Waals surface area contributed by atoms with Crippen molar-refractivity contribution in [2.75, 3.05) is 39.8 Å². The lowest BCUT2D eigenvalue weighted by Crippen LogP contribution is -2.44. The molecule has 0 aromatic heterocycles. The number of methoxy groups -OCH3 is 3. The molecule has 0 aliphatic carbocycles. The molecule has 0 saturated heterocycles. The SMILES string of the molecule is COc1ccc(OC[C@H]2c3cc(OC)c(OC)cc3CCN2C(=S)Nc2ccc(I)cc2)cc1. The van der Waals surface area contributed by atoms with Gasteiger partial charge in [0.1, 0.15) is 18.1 Å². The molecule has 1 N–H and O–H groups in total. The minimum absolute atomic E-state index is 0.102. The van der Waals surface area contributed by atoms with Crippen molar-refractivity contribution in [2.24, 2.45) is 0 Å². The molecule has 0 bridgehead atoms. The molecule has 0 radical (unpaired) electrons. The van der Waals surface area contributed by atoms with Gasteiger partial charge in [-0.3, -0.25) is 0 Å². The van der Waals surface area contributed by atoms with Crippen LogP contribution in [0.25, 0.3) is 0 Å². The summed E-state index contributed by atoms with van der Waals surface area (Å²) in [5, 5.41) is 4.05. The molecule has 0 amide bonds. The van der Waals surface area contributed by atoms with Gasteiger partial charge in [0, 0.05) is 15.8 Å². The number of thiocarbonyl (C=S) groups is 1. The minimum Gasteiger partial charge on any atom is -0.497 e. The standard InChI is InChI=1S/C26H27IN2O4S/c1-30-20-8-10-21(11-9-20)33-16-23-22-15-25(32-3)24(31-2)14-17(22)12-13-29(23)26(34)28-19-6-4-18(27)5-7-19/h4-11,14-15,23H,12-13,16H2,1-3H3,(H,28,34)/t23-/m0/s1. The molecule has 0 unspecified atom stereocenters. The average Bonchev–Trinajstić information content (AvgIpc) is 2.87. The molecule has 0 fully saturated rings. The first kappa shape index (κ1) is 24.4. The Morgan fingerprint density at radius 1 is 0.941 bits per heavy atom. The van der Waals surface area contributed by atoms with Gasteiger partial charge in [0.15, 0.2) is 16.6 Å². The van der Waals surface area contributed by atoms with Crippen molar-refractivity contribution in [3.05, 3.63) is 75.4 Å². The Hall–Kier alpha value is -2.72. The van der Waals surface area contributed by atoms with Gasteiger partial charge in [-0.2, -0.15) is 0 Å². The van der Waals surface area contributed by atoms with E-state index >= 15 is 0 Å². The van der Waals surface area contributed by atoms with Gasteiger partial charge < -0.3 is 29.2 Å². The number of benzene rings is 3. The largest absolute Gasteiger partial charge is 0.497 e. The zero-order valence-corrected chi connectivity index (χ0v) is 22.3. The van der Waals surface area contributed by atoms with Crippen molar-refractivity contribution >= 4 is 45.6 Å². The Morgan fingerprint density at radius 2 is 1.59 bits per heavy atom. The van der Waals surface area contributed by atoms with Gasteiger partial charge in [0.2, 0.25) is 0 Å². The molecular weight excluding hydrogens is 563 g/mol. The number of hydrogen-bond donors (Lipinski definition) is 1. The molecule has 0 spiro atoms. The molecular formula is C26H27IN2O4S. The van der Waals surface area contributed by atoms with E-state index < -0.39 is 0 Å². The van der Waals surface area contributed by atoms with Gasteiger partial charge >= 0.3 is 0 Å². The molecule has 8 heteroatoms. The predicted octanol–water partition coefficient (Wildman–Crippen LogP) is 5.69. The quantitative estimate of drug-likeness (QED) is 0.280. The topological polar surface area (TPSA) is 52.2 Å². The molecule has 1 aliphatic rings. The summed E-state index contributed by atoms with van der Waals surface area (Å²) in [5.74, 6) is 2.97. The number of hydrogen-bond acceptors (Lipinski definition) is 5. The van der Waals surface area contributed by atoms with Crippen LogP contribution in [0.5, 0.6) is 23.0 Å². The molecule has 6 nitrogen and oxygen atoms in total. The maximum atomic E-state index is 6.22. The van der Waals surface area contributed by atoms with Gasteiger partial charge in [-0.1, -0.05) is 0 Å². The van der Waals surface area contributed by atoms with Crippen LogP contribution in [0.15, 0.2) is 60.7 Å². The summed E-state index contributed by atoms with van der Waals surface area (Å²) in [6.45, 7) is 1.18. The van der Waals surface area contributed by atoms with Gasteiger partial charge in [0.05, 0.1) is 27.4 Å². The number of fused-ring (bicyclic) bond motifs is 1. The smallest absolute Gasteiger partial charge is 0.174 e. The third-order valence-electron chi connectivity index (χ3n) is 5.83. The highest BCUT2D eigenvalue weighted by Gasteiger charge is 2.31. The number of anilines is 1. The number of nitrogens with one attached hydrogen (secondary N) is 1. The number of ether oxygens (including phenoxy) is 4. The van der Waals surface area contributed by atoms with E-state index in [1.165, 1.54) is 9.13 Å². The van der Waals surface area contributed by atoms with Crippen LogP contribution in [-0.2, 0) is 6.42 Å². The number of rotatable bonds is 7. The van der Waals surface area contributed by atoms with E-state index in [2.05, 4.69) is 51.0 Å². The van der Waals surface area contributed by atoms with Crippen molar-refractivity contribution in [3.63, 3.8) is 0 Å². The predicted molar refractivity (Wildman–Crippen MR) is 147 cm³/mol. The van der Waals surface area contributed by atoms with Crippen molar-refractivity contribution in [2.45, 2.75) is 12.5 Å². The highest BCUT2D eigenvalue weighted by molar-refractivity contribution is 14.1. The summed E-state index contributed by atoms with van der Waals surface area (Å²) in [7, 11) is 4.95. The molecule has 1 heterocycles. The van der Waals surface area contributed by atoms with Gasteiger partial charge in [-0.25, -0.2) is 0 Å². The molecule has 3 aromatic rings. The normalized spacial score (nSPS) is 14.7. The third kappa shape index (κ3) is 5.50. The summed E-state index contributed by atoms with van der Waals surface area (Å²) in [5.41, 5.74) is 3.27. The average molecular weight is 590 g/mol. The maximum absolute atomic E-state index is 6.22. The summed E-state index contributed by atoms with van der Waals surface area (Å²) < 4.78 is 23.8. The van der Waals surface area contributed by atoms with Crippen LogP contribution in [0.2, 0.25) is 0 Å². The van der Waals surface area contributed by atoms with Crippen molar-refractivity contribution in [1.29, 1.82) is 0 Å². The van der Waals surface area contributed by atoms with Crippen LogP contribution >= 0.6 is 34.8 Å². The van der Waals surface area contributed by atoms with Crippen molar-refractivity contribution in [1.82, 2.24) is 4.90 Å². The van der Waals surface area contributed by atoms with Crippen LogP contribution in [0, 0.1) is 3.57 Å². The second kappa shape index (κ2) is 11.1. The maximum Gasteiger partial charge on any atom is 0.174 e. The first-order chi connectivity index (χ1) is 16.5. The Kier molecular flexibility index (Phi) is 7.99. The van der Waals surface area contributed by atoms with Crippen LogP contribution in [0.1, 0.15) is 17.2 Å². The molecule has 3 aromatic carbocycles. The third-order valence-corrected chi connectivity index (χ3v) is 6.88. The Balaban J connectivity index is 1.62. The van der Waals surface area contributed by atoms with Gasteiger partial charge in [0.25, 0.3) is 0 Å². The van der Waals surface area contributed by atoms with Gasteiger partial charge in [-0.05, 0) is 113 Å². The summed E-state index contributed by atoms with van der Waals surface area (Å²) in [6.07, 6.45) is 0.837. The second-order valence-electron chi connectivity index (χ2n) is 7.79. The number of halogens is 1. The van der Waals surface area contributed by atoms with Crippen molar-refractivity contribution in [3.8, 4) is 23.0 Å². The Morgan fingerprint density at radius 3 is 2.24 bits per heavy atom. The van der Waals surface area contributed by atoms with E-state index in [-0.39, 0.29) is 6.04 Å². The lowest BCUT2D eigenvalue weighted by molar-refractivity contribution is 0.190. The zero-order chi connectivity index (χ0) is 24.1. The van der Waals surface area contributed by atoms with Crippen LogP contribution in [-0.4, -0.2) is 44.5 Å².